The Hall–Kier alpha value is -1.76. The van der Waals surface area contributed by atoms with Gasteiger partial charge in [0, 0.05) is 21.8 Å². The maximum atomic E-state index is 3.48. The van der Waals surface area contributed by atoms with E-state index in [-0.39, 0.29) is 0 Å². The molecule has 2 aromatic carbocycles. The summed E-state index contributed by atoms with van der Waals surface area (Å²) >= 11 is 0. The summed E-state index contributed by atoms with van der Waals surface area (Å²) in [5, 5.41) is 2.75. The van der Waals surface area contributed by atoms with Crippen LogP contribution in [-0.4, -0.2) is 4.98 Å². The quantitative estimate of drug-likeness (QED) is 0.618. The lowest BCUT2D eigenvalue weighted by molar-refractivity contribution is 1.13. The second-order valence-corrected chi connectivity index (χ2v) is 4.31. The number of aromatic nitrogens is 1. The molecule has 1 N–H and O–H groups in total. The van der Waals surface area contributed by atoms with E-state index in [1.54, 1.807) is 0 Å². The number of rotatable bonds is 1. The van der Waals surface area contributed by atoms with E-state index >= 15 is 0 Å². The fraction of sp³-hybridized carbons (Fsp3) is 0.200. The highest BCUT2D eigenvalue weighted by Crippen LogP contribution is 2.30. The molecule has 0 spiro atoms. The number of benzene rings is 2. The molecule has 16 heavy (non-hydrogen) atoms. The molecule has 3 aromatic rings. The maximum absolute atomic E-state index is 3.48. The first kappa shape index (κ1) is 9.46. The average molecular weight is 209 g/mol. The molecule has 3 rings (SSSR count). The fourth-order valence-corrected chi connectivity index (χ4v) is 2.57. The Labute approximate surface area is 95.1 Å². The van der Waals surface area contributed by atoms with Crippen LogP contribution < -0.4 is 0 Å². The Morgan fingerprint density at radius 1 is 1.00 bits per heavy atom. The minimum atomic E-state index is 1.09. The predicted octanol–water partition coefficient (Wildman–Crippen LogP) is 4.19. The number of H-pyrrole nitrogens is 1. The van der Waals surface area contributed by atoms with Gasteiger partial charge < -0.3 is 4.98 Å². The maximum Gasteiger partial charge on any atom is 0.0467 e. The number of aromatic amines is 1. The van der Waals surface area contributed by atoms with Crippen molar-refractivity contribution in [3.8, 4) is 0 Å². The Balaban J connectivity index is 2.57. The van der Waals surface area contributed by atoms with Gasteiger partial charge >= 0.3 is 0 Å². The Morgan fingerprint density at radius 2 is 1.81 bits per heavy atom. The van der Waals surface area contributed by atoms with E-state index < -0.39 is 0 Å². The zero-order chi connectivity index (χ0) is 11.1. The molecular weight excluding hydrogens is 194 g/mol. The van der Waals surface area contributed by atoms with Crippen LogP contribution in [0.15, 0.2) is 36.4 Å². The van der Waals surface area contributed by atoms with Crippen molar-refractivity contribution in [3.05, 3.63) is 47.5 Å². The molecule has 0 saturated carbocycles. The number of para-hydroxylation sites is 1. The number of aryl methyl sites for hydroxylation is 2. The second kappa shape index (κ2) is 3.38. The average Bonchev–Trinajstić information content (AvgIpc) is 2.68. The van der Waals surface area contributed by atoms with E-state index in [9.17, 15) is 0 Å². The lowest BCUT2D eigenvalue weighted by Crippen LogP contribution is -1.87. The summed E-state index contributed by atoms with van der Waals surface area (Å²) in [6, 6.07) is 12.9. The van der Waals surface area contributed by atoms with Crippen LogP contribution in [0.1, 0.15) is 18.1 Å². The molecule has 1 aromatic heterocycles. The van der Waals surface area contributed by atoms with Crippen molar-refractivity contribution in [1.82, 2.24) is 4.98 Å². The van der Waals surface area contributed by atoms with E-state index in [1.807, 2.05) is 0 Å². The lowest BCUT2D eigenvalue weighted by atomic mass is 9.99. The van der Waals surface area contributed by atoms with Crippen molar-refractivity contribution in [3.63, 3.8) is 0 Å². The molecule has 0 unspecified atom stereocenters. The molecule has 0 bridgehead atoms. The smallest absolute Gasteiger partial charge is 0.0467 e. The van der Waals surface area contributed by atoms with Gasteiger partial charge in [0.1, 0.15) is 0 Å². The normalized spacial score (nSPS) is 11.4. The first-order chi connectivity index (χ1) is 7.81. The molecule has 0 fully saturated rings. The molecular formula is C15H15N. The van der Waals surface area contributed by atoms with Gasteiger partial charge in [0.05, 0.1) is 0 Å². The molecule has 1 heterocycles. The van der Waals surface area contributed by atoms with E-state index in [2.05, 4.69) is 55.2 Å². The molecule has 1 nitrogen and oxygen atoms in total. The molecule has 0 aliphatic rings. The zero-order valence-corrected chi connectivity index (χ0v) is 9.67. The minimum Gasteiger partial charge on any atom is -0.355 e. The van der Waals surface area contributed by atoms with Crippen LogP contribution in [0.25, 0.3) is 21.8 Å². The second-order valence-electron chi connectivity index (χ2n) is 4.31. The predicted molar refractivity (Wildman–Crippen MR) is 69.9 cm³/mol. The monoisotopic (exact) mass is 209 g/mol. The molecule has 0 saturated heterocycles. The molecule has 0 aliphatic carbocycles. The molecule has 80 valence electrons. The number of hydrogen-bond donors (Lipinski definition) is 1. The molecule has 0 amide bonds. The van der Waals surface area contributed by atoms with Crippen LogP contribution in [0.2, 0.25) is 0 Å². The number of fused-ring (bicyclic) bond motifs is 3. The van der Waals surface area contributed by atoms with Gasteiger partial charge in [0.25, 0.3) is 0 Å². The summed E-state index contributed by atoms with van der Waals surface area (Å²) in [6.45, 7) is 4.42. The summed E-state index contributed by atoms with van der Waals surface area (Å²) in [6.07, 6.45) is 1.09. The Kier molecular flexibility index (Phi) is 2.00. The lowest BCUT2D eigenvalue weighted by Gasteiger charge is -2.04. The zero-order valence-electron chi connectivity index (χ0n) is 9.67. The van der Waals surface area contributed by atoms with Crippen molar-refractivity contribution in [2.45, 2.75) is 20.3 Å². The standard InChI is InChI=1S/C15H15N/c1-3-11-10(2)8-9-14-15(11)12-6-4-5-7-13(12)16-14/h4-9,16H,3H2,1-2H3. The van der Waals surface area contributed by atoms with Gasteiger partial charge in [-0.15, -0.1) is 0 Å². The van der Waals surface area contributed by atoms with Crippen LogP contribution in [0, 0.1) is 6.92 Å². The highest BCUT2D eigenvalue weighted by molar-refractivity contribution is 6.09. The number of hydrogen-bond acceptors (Lipinski definition) is 0. The summed E-state index contributed by atoms with van der Waals surface area (Å²) in [5.74, 6) is 0. The van der Waals surface area contributed by atoms with Crippen molar-refractivity contribution in [2.24, 2.45) is 0 Å². The van der Waals surface area contributed by atoms with Crippen LogP contribution >= 0.6 is 0 Å². The van der Waals surface area contributed by atoms with Crippen LogP contribution in [0.5, 0.6) is 0 Å². The summed E-state index contributed by atoms with van der Waals surface area (Å²) in [7, 11) is 0. The van der Waals surface area contributed by atoms with Crippen LogP contribution in [0.4, 0.5) is 0 Å². The SMILES string of the molecule is CCc1c(C)ccc2[nH]c3ccccc3c12. The number of nitrogens with one attached hydrogen (secondary N) is 1. The van der Waals surface area contributed by atoms with Crippen LogP contribution in [-0.2, 0) is 6.42 Å². The van der Waals surface area contributed by atoms with Crippen LogP contribution in [0.3, 0.4) is 0 Å². The first-order valence-corrected chi connectivity index (χ1v) is 5.80. The highest BCUT2D eigenvalue weighted by atomic mass is 14.7. The third kappa shape index (κ3) is 1.18. The minimum absolute atomic E-state index is 1.09. The third-order valence-corrected chi connectivity index (χ3v) is 3.37. The van der Waals surface area contributed by atoms with Gasteiger partial charge in [-0.25, -0.2) is 0 Å². The van der Waals surface area contributed by atoms with E-state index in [0.29, 0.717) is 0 Å². The van der Waals surface area contributed by atoms with Crippen molar-refractivity contribution < 1.29 is 0 Å². The summed E-state index contributed by atoms with van der Waals surface area (Å²) in [5.41, 5.74) is 5.34. The van der Waals surface area contributed by atoms with E-state index in [0.717, 1.165) is 6.42 Å². The summed E-state index contributed by atoms with van der Waals surface area (Å²) in [4.78, 5) is 3.48. The van der Waals surface area contributed by atoms with Crippen molar-refractivity contribution in [1.29, 1.82) is 0 Å². The van der Waals surface area contributed by atoms with Gasteiger partial charge in [-0.2, -0.15) is 0 Å². The van der Waals surface area contributed by atoms with Gasteiger partial charge in [0.15, 0.2) is 0 Å². The molecule has 0 atom stereocenters. The first-order valence-electron chi connectivity index (χ1n) is 5.80. The van der Waals surface area contributed by atoms with Gasteiger partial charge in [0.2, 0.25) is 0 Å². The van der Waals surface area contributed by atoms with Crippen molar-refractivity contribution in [2.75, 3.05) is 0 Å². The molecule has 0 radical (unpaired) electrons. The third-order valence-electron chi connectivity index (χ3n) is 3.37. The summed E-state index contributed by atoms with van der Waals surface area (Å²) < 4.78 is 0. The van der Waals surface area contributed by atoms with Gasteiger partial charge in [-0.05, 0) is 36.6 Å². The van der Waals surface area contributed by atoms with E-state index in [1.165, 1.54) is 32.9 Å². The van der Waals surface area contributed by atoms with Crippen molar-refractivity contribution >= 4 is 21.8 Å². The van der Waals surface area contributed by atoms with Gasteiger partial charge in [-0.1, -0.05) is 31.2 Å². The Bertz CT molecular complexity index is 662. The fourth-order valence-electron chi connectivity index (χ4n) is 2.57. The largest absolute Gasteiger partial charge is 0.355 e. The van der Waals surface area contributed by atoms with E-state index in [4.69, 9.17) is 0 Å². The molecule has 0 aliphatic heterocycles. The van der Waals surface area contributed by atoms with Gasteiger partial charge in [-0.3, -0.25) is 0 Å². The molecule has 1 heteroatoms. The topological polar surface area (TPSA) is 15.8 Å². The highest BCUT2D eigenvalue weighted by Gasteiger charge is 2.08. The Morgan fingerprint density at radius 3 is 2.62 bits per heavy atom.